The van der Waals surface area contributed by atoms with Crippen molar-refractivity contribution in [3.8, 4) is 22.8 Å². The first-order valence-corrected chi connectivity index (χ1v) is 10.2. The zero-order valence-electron chi connectivity index (χ0n) is 15.3. The standard InChI is InChI=1S/C24H19NOS/c1-13-7-8-14(2)23-22(13)16-10-9-15-11-21-19(12-17(15)24(16)25-23)26-18-5-3-4-6-20(18)27-21/h3-8,11-12,25H,9-10H2,1-2H3. The van der Waals surface area contributed by atoms with E-state index in [2.05, 4.69) is 55.2 Å². The molecule has 3 heteroatoms. The number of hydrogen-bond acceptors (Lipinski definition) is 2. The first kappa shape index (κ1) is 15.4. The molecule has 0 bridgehead atoms. The number of hydrogen-bond donors (Lipinski definition) is 1. The highest BCUT2D eigenvalue weighted by molar-refractivity contribution is 7.99. The van der Waals surface area contributed by atoms with E-state index >= 15 is 0 Å². The van der Waals surface area contributed by atoms with Crippen LogP contribution in [-0.2, 0) is 12.8 Å². The highest BCUT2D eigenvalue weighted by atomic mass is 32.2. The summed E-state index contributed by atoms with van der Waals surface area (Å²) in [5.74, 6) is 1.92. The van der Waals surface area contributed by atoms with Crippen LogP contribution in [0.25, 0.3) is 22.2 Å². The molecule has 0 radical (unpaired) electrons. The number of fused-ring (bicyclic) bond motifs is 7. The first-order chi connectivity index (χ1) is 13.2. The fourth-order valence-corrected chi connectivity index (χ4v) is 5.48. The lowest BCUT2D eigenvalue weighted by molar-refractivity contribution is 0.454. The molecule has 0 amide bonds. The number of nitrogens with one attached hydrogen (secondary N) is 1. The third-order valence-corrected chi connectivity index (χ3v) is 6.94. The van der Waals surface area contributed by atoms with Crippen LogP contribution in [0.5, 0.6) is 11.5 Å². The van der Waals surface area contributed by atoms with Gasteiger partial charge in [-0.3, -0.25) is 0 Å². The summed E-state index contributed by atoms with van der Waals surface area (Å²) >= 11 is 1.81. The molecule has 27 heavy (non-hydrogen) atoms. The number of aromatic amines is 1. The second-order valence-electron chi connectivity index (χ2n) is 7.53. The van der Waals surface area contributed by atoms with E-state index in [1.54, 1.807) is 0 Å². The molecular formula is C24H19NOS. The van der Waals surface area contributed by atoms with Gasteiger partial charge >= 0.3 is 0 Å². The monoisotopic (exact) mass is 369 g/mol. The fourth-order valence-electron chi connectivity index (χ4n) is 4.48. The fraction of sp³-hybridized carbons (Fsp3) is 0.167. The zero-order valence-corrected chi connectivity index (χ0v) is 16.2. The molecule has 1 aromatic heterocycles. The van der Waals surface area contributed by atoms with Crippen molar-refractivity contribution < 1.29 is 4.74 Å². The van der Waals surface area contributed by atoms with Gasteiger partial charge in [0.2, 0.25) is 0 Å². The Hall–Kier alpha value is -2.65. The van der Waals surface area contributed by atoms with Gasteiger partial charge in [0, 0.05) is 16.5 Å². The van der Waals surface area contributed by atoms with E-state index in [1.165, 1.54) is 54.2 Å². The smallest absolute Gasteiger partial charge is 0.142 e. The van der Waals surface area contributed by atoms with Gasteiger partial charge in [-0.05, 0) is 73.2 Å². The van der Waals surface area contributed by atoms with Crippen LogP contribution >= 0.6 is 11.8 Å². The van der Waals surface area contributed by atoms with Crippen LogP contribution in [0, 0.1) is 13.8 Å². The molecule has 1 aliphatic heterocycles. The van der Waals surface area contributed by atoms with Gasteiger partial charge in [0.05, 0.1) is 15.5 Å². The third kappa shape index (κ3) is 2.15. The number of ether oxygens (including phenoxy) is 1. The molecule has 4 aromatic rings. The van der Waals surface area contributed by atoms with Crippen molar-refractivity contribution in [2.75, 3.05) is 0 Å². The molecule has 2 aliphatic rings. The molecule has 0 atom stereocenters. The minimum absolute atomic E-state index is 0.953. The van der Waals surface area contributed by atoms with Crippen LogP contribution in [0.4, 0.5) is 0 Å². The van der Waals surface area contributed by atoms with Crippen molar-refractivity contribution in [2.45, 2.75) is 36.5 Å². The summed E-state index contributed by atoms with van der Waals surface area (Å²) in [6.07, 6.45) is 2.17. The van der Waals surface area contributed by atoms with E-state index in [0.717, 1.165) is 24.3 Å². The van der Waals surface area contributed by atoms with Crippen molar-refractivity contribution in [1.29, 1.82) is 0 Å². The molecule has 2 heterocycles. The second-order valence-corrected chi connectivity index (χ2v) is 8.62. The van der Waals surface area contributed by atoms with Gasteiger partial charge in [-0.25, -0.2) is 0 Å². The summed E-state index contributed by atoms with van der Waals surface area (Å²) in [5.41, 5.74) is 9.40. The van der Waals surface area contributed by atoms with E-state index in [-0.39, 0.29) is 0 Å². The Morgan fingerprint density at radius 3 is 2.67 bits per heavy atom. The maximum atomic E-state index is 6.25. The molecular weight excluding hydrogens is 350 g/mol. The predicted octanol–water partition coefficient (Wildman–Crippen LogP) is 6.81. The Morgan fingerprint density at radius 2 is 1.74 bits per heavy atom. The lowest BCUT2D eigenvalue weighted by Gasteiger charge is -2.24. The quantitative estimate of drug-likeness (QED) is 0.324. The lowest BCUT2D eigenvalue weighted by Crippen LogP contribution is -2.05. The lowest BCUT2D eigenvalue weighted by atomic mass is 9.88. The molecule has 0 spiro atoms. The molecule has 0 saturated carbocycles. The van der Waals surface area contributed by atoms with Gasteiger partial charge in [0.25, 0.3) is 0 Å². The molecule has 0 fully saturated rings. The summed E-state index contributed by atoms with van der Waals surface area (Å²) in [7, 11) is 0. The number of benzene rings is 3. The highest BCUT2D eigenvalue weighted by Gasteiger charge is 2.26. The van der Waals surface area contributed by atoms with Gasteiger partial charge in [-0.15, -0.1) is 0 Å². The summed E-state index contributed by atoms with van der Waals surface area (Å²) < 4.78 is 6.25. The molecule has 6 rings (SSSR count). The Kier molecular flexibility index (Phi) is 3.10. The van der Waals surface area contributed by atoms with Crippen molar-refractivity contribution in [3.63, 3.8) is 0 Å². The van der Waals surface area contributed by atoms with E-state index in [0.29, 0.717) is 0 Å². The van der Waals surface area contributed by atoms with Crippen LogP contribution < -0.4 is 4.74 Å². The topological polar surface area (TPSA) is 25.0 Å². The maximum Gasteiger partial charge on any atom is 0.142 e. The summed E-state index contributed by atoms with van der Waals surface area (Å²) in [5, 5.41) is 1.41. The number of aromatic nitrogens is 1. The SMILES string of the molecule is Cc1ccc(C)c2c3c([nH]c12)-c1cc2c(cc1CC3)Sc1ccccc1O2. The molecule has 2 nitrogen and oxygen atoms in total. The number of para-hydroxylation sites is 1. The zero-order chi connectivity index (χ0) is 18.1. The van der Waals surface area contributed by atoms with Gasteiger partial charge in [0.1, 0.15) is 11.5 Å². The van der Waals surface area contributed by atoms with Gasteiger partial charge < -0.3 is 9.72 Å². The number of H-pyrrole nitrogens is 1. The molecule has 0 saturated heterocycles. The van der Waals surface area contributed by atoms with Crippen LogP contribution in [0.2, 0.25) is 0 Å². The number of rotatable bonds is 0. The highest BCUT2D eigenvalue weighted by Crippen LogP contribution is 2.50. The third-order valence-electron chi connectivity index (χ3n) is 5.85. The van der Waals surface area contributed by atoms with Crippen LogP contribution in [0.3, 0.4) is 0 Å². The van der Waals surface area contributed by atoms with E-state index < -0.39 is 0 Å². The normalized spacial score (nSPS) is 14.1. The van der Waals surface area contributed by atoms with Crippen molar-refractivity contribution in [2.24, 2.45) is 0 Å². The van der Waals surface area contributed by atoms with E-state index in [1.807, 2.05) is 23.9 Å². The summed E-state index contributed by atoms with van der Waals surface area (Å²) in [4.78, 5) is 6.16. The Morgan fingerprint density at radius 1 is 0.889 bits per heavy atom. The molecule has 3 aromatic carbocycles. The second kappa shape index (κ2) is 5.43. The van der Waals surface area contributed by atoms with Gasteiger partial charge in [-0.1, -0.05) is 36.0 Å². The molecule has 132 valence electrons. The molecule has 1 N–H and O–H groups in total. The number of aryl methyl sites for hydroxylation is 4. The Labute approximate surface area is 162 Å². The summed E-state index contributed by atoms with van der Waals surface area (Å²) in [6.45, 7) is 4.41. The molecule has 1 aliphatic carbocycles. The van der Waals surface area contributed by atoms with Crippen LogP contribution in [0.15, 0.2) is 58.3 Å². The van der Waals surface area contributed by atoms with Crippen LogP contribution in [0.1, 0.15) is 22.3 Å². The van der Waals surface area contributed by atoms with Crippen molar-refractivity contribution >= 4 is 22.7 Å². The van der Waals surface area contributed by atoms with Gasteiger partial charge in [-0.2, -0.15) is 0 Å². The largest absolute Gasteiger partial charge is 0.455 e. The van der Waals surface area contributed by atoms with E-state index in [4.69, 9.17) is 4.74 Å². The minimum atomic E-state index is 0.953. The van der Waals surface area contributed by atoms with Gasteiger partial charge in [0.15, 0.2) is 0 Å². The minimum Gasteiger partial charge on any atom is -0.455 e. The average molecular weight is 369 g/mol. The average Bonchev–Trinajstić information content (AvgIpc) is 3.09. The van der Waals surface area contributed by atoms with Crippen LogP contribution in [-0.4, -0.2) is 4.98 Å². The predicted molar refractivity (Wildman–Crippen MR) is 111 cm³/mol. The van der Waals surface area contributed by atoms with Crippen molar-refractivity contribution in [1.82, 2.24) is 4.98 Å². The van der Waals surface area contributed by atoms with E-state index in [9.17, 15) is 0 Å². The summed E-state index contributed by atoms with van der Waals surface area (Å²) in [6, 6.07) is 17.3. The van der Waals surface area contributed by atoms with Crippen molar-refractivity contribution in [3.05, 3.63) is 70.8 Å². The Balaban J connectivity index is 1.57. The maximum absolute atomic E-state index is 6.25. The molecule has 0 unspecified atom stereocenters. The first-order valence-electron chi connectivity index (χ1n) is 9.42. The Bertz CT molecular complexity index is 1250.